The van der Waals surface area contributed by atoms with Gasteiger partial charge in [0.1, 0.15) is 0 Å². The average Bonchev–Trinajstić information content (AvgIpc) is 3.18. The highest BCUT2D eigenvalue weighted by Gasteiger charge is 2.31. The van der Waals surface area contributed by atoms with Gasteiger partial charge in [-0.2, -0.15) is 5.10 Å². The van der Waals surface area contributed by atoms with Crippen molar-refractivity contribution in [3.05, 3.63) is 53.9 Å². The van der Waals surface area contributed by atoms with Crippen molar-refractivity contribution in [3.8, 4) is 0 Å². The maximum Gasteiger partial charge on any atom is 0.237 e. The third kappa shape index (κ3) is 5.66. The molecule has 28 heavy (non-hydrogen) atoms. The molecule has 1 saturated heterocycles. The highest BCUT2D eigenvalue weighted by molar-refractivity contribution is 5.88. The van der Waals surface area contributed by atoms with E-state index in [-0.39, 0.29) is 18.2 Å². The summed E-state index contributed by atoms with van der Waals surface area (Å²) in [6.45, 7) is 5.47. The molecule has 0 spiro atoms. The molecule has 2 N–H and O–H groups in total. The quantitative estimate of drug-likeness (QED) is 0.685. The number of nitrogens with zero attached hydrogens (tertiary/aromatic N) is 3. The number of amides is 2. The zero-order valence-electron chi connectivity index (χ0n) is 16.4. The second kappa shape index (κ2) is 10.0. The van der Waals surface area contributed by atoms with Crippen LogP contribution in [0.2, 0.25) is 0 Å². The molecule has 3 rings (SSSR count). The maximum atomic E-state index is 12.4. The number of carbonyl (C=O) groups excluding carboxylic acids is 2. The van der Waals surface area contributed by atoms with Crippen molar-refractivity contribution in [2.24, 2.45) is 0 Å². The number of hydrogen-bond donors (Lipinski definition) is 2. The lowest BCUT2D eigenvalue weighted by Gasteiger charge is -2.34. The van der Waals surface area contributed by atoms with Crippen LogP contribution >= 0.6 is 0 Å². The molecule has 1 aliphatic heterocycles. The first-order chi connectivity index (χ1) is 13.7. The molecule has 1 fully saturated rings. The van der Waals surface area contributed by atoms with Crippen LogP contribution in [-0.4, -0.2) is 52.2 Å². The van der Waals surface area contributed by atoms with Gasteiger partial charge in [-0.15, -0.1) is 0 Å². The van der Waals surface area contributed by atoms with Crippen LogP contribution in [0.1, 0.15) is 30.9 Å². The molecular formula is C21H29N5O2. The summed E-state index contributed by atoms with van der Waals surface area (Å²) in [6.07, 6.45) is 5.79. The summed E-state index contributed by atoms with van der Waals surface area (Å²) < 4.78 is 1.82. The minimum Gasteiger partial charge on any atom is -0.353 e. The minimum absolute atomic E-state index is 0.0556. The Balaban J connectivity index is 1.48. The van der Waals surface area contributed by atoms with Gasteiger partial charge in [0.25, 0.3) is 0 Å². The lowest BCUT2D eigenvalue weighted by atomic mass is 10.1. The van der Waals surface area contributed by atoms with Gasteiger partial charge in [-0.3, -0.25) is 19.2 Å². The number of piperazine rings is 1. The minimum atomic E-state index is -0.400. The van der Waals surface area contributed by atoms with Gasteiger partial charge in [0.2, 0.25) is 11.8 Å². The number of carbonyl (C=O) groups is 2. The number of nitrogens with one attached hydrogen (secondary N) is 2. The summed E-state index contributed by atoms with van der Waals surface area (Å²) >= 11 is 0. The van der Waals surface area contributed by atoms with E-state index in [2.05, 4.69) is 32.8 Å². The molecule has 0 saturated carbocycles. The first kappa shape index (κ1) is 20.1. The molecule has 7 heteroatoms. The molecule has 2 aromatic rings. The molecule has 1 aromatic heterocycles. The fourth-order valence-electron chi connectivity index (χ4n) is 3.50. The maximum absolute atomic E-state index is 12.4. The monoisotopic (exact) mass is 383 g/mol. The normalized spacial score (nSPS) is 17.3. The van der Waals surface area contributed by atoms with Crippen molar-refractivity contribution in [1.29, 1.82) is 0 Å². The molecule has 1 aliphatic rings. The van der Waals surface area contributed by atoms with Crippen molar-refractivity contribution < 1.29 is 9.59 Å². The highest BCUT2D eigenvalue weighted by Crippen LogP contribution is 2.12. The Kier molecular flexibility index (Phi) is 7.19. The molecule has 0 bridgehead atoms. The van der Waals surface area contributed by atoms with Crippen LogP contribution in [0.25, 0.3) is 0 Å². The van der Waals surface area contributed by atoms with Gasteiger partial charge in [0.05, 0.1) is 18.7 Å². The van der Waals surface area contributed by atoms with Gasteiger partial charge in [-0.05, 0) is 31.9 Å². The Labute approximate surface area is 166 Å². The zero-order chi connectivity index (χ0) is 19.8. The summed E-state index contributed by atoms with van der Waals surface area (Å²) in [5.41, 5.74) is 2.26. The SMILES string of the molecule is CCn1cc(CNC(=O)CC2C(=O)NCCN2CCCc2ccccc2)cn1. The standard InChI is InChI=1S/C21H29N5O2/c1-2-26-16-18(15-24-26)14-23-20(27)13-19-21(28)22-10-12-25(19)11-6-9-17-7-4-3-5-8-17/h3-5,7-8,15-16,19H,2,6,9-14H2,1H3,(H,22,28)(H,23,27). The summed E-state index contributed by atoms with van der Waals surface area (Å²) in [7, 11) is 0. The van der Waals surface area contributed by atoms with Gasteiger partial charge >= 0.3 is 0 Å². The molecule has 150 valence electrons. The van der Waals surface area contributed by atoms with E-state index in [1.54, 1.807) is 6.20 Å². The Morgan fingerprint density at radius 3 is 2.86 bits per heavy atom. The van der Waals surface area contributed by atoms with Crippen molar-refractivity contribution >= 4 is 11.8 Å². The van der Waals surface area contributed by atoms with Gasteiger partial charge in [-0.25, -0.2) is 0 Å². The van der Waals surface area contributed by atoms with Gasteiger partial charge in [0.15, 0.2) is 0 Å². The van der Waals surface area contributed by atoms with Crippen LogP contribution in [0, 0.1) is 0 Å². The van der Waals surface area contributed by atoms with E-state index in [0.717, 1.165) is 38.0 Å². The van der Waals surface area contributed by atoms with E-state index >= 15 is 0 Å². The van der Waals surface area contributed by atoms with Gasteiger partial charge in [-0.1, -0.05) is 30.3 Å². The largest absolute Gasteiger partial charge is 0.353 e. The fraction of sp³-hybridized carbons (Fsp3) is 0.476. The van der Waals surface area contributed by atoms with Gasteiger partial charge < -0.3 is 10.6 Å². The first-order valence-electron chi connectivity index (χ1n) is 9.99. The van der Waals surface area contributed by atoms with E-state index in [1.807, 2.05) is 36.0 Å². The van der Waals surface area contributed by atoms with Gasteiger partial charge in [0, 0.05) is 37.9 Å². The number of aromatic nitrogens is 2. The second-order valence-corrected chi connectivity index (χ2v) is 7.12. The lowest BCUT2D eigenvalue weighted by molar-refractivity contribution is -0.134. The molecular weight excluding hydrogens is 354 g/mol. The summed E-state index contributed by atoms with van der Waals surface area (Å²) in [6, 6.07) is 9.94. The fourth-order valence-corrected chi connectivity index (χ4v) is 3.50. The molecule has 0 radical (unpaired) electrons. The number of benzene rings is 1. The number of aryl methyl sites for hydroxylation is 2. The van der Waals surface area contributed by atoms with E-state index in [9.17, 15) is 9.59 Å². The van der Waals surface area contributed by atoms with Crippen molar-refractivity contribution in [2.45, 2.75) is 45.3 Å². The van der Waals surface area contributed by atoms with Crippen LogP contribution < -0.4 is 10.6 Å². The molecule has 2 amide bonds. The van der Waals surface area contributed by atoms with Crippen molar-refractivity contribution in [3.63, 3.8) is 0 Å². The van der Waals surface area contributed by atoms with Crippen LogP contribution in [0.3, 0.4) is 0 Å². The smallest absolute Gasteiger partial charge is 0.237 e. The van der Waals surface area contributed by atoms with Crippen molar-refractivity contribution in [1.82, 2.24) is 25.3 Å². The van der Waals surface area contributed by atoms with E-state index in [1.165, 1.54) is 5.56 Å². The van der Waals surface area contributed by atoms with E-state index < -0.39 is 6.04 Å². The topological polar surface area (TPSA) is 79.3 Å². The Hall–Kier alpha value is -2.67. The van der Waals surface area contributed by atoms with Crippen LogP contribution in [0.15, 0.2) is 42.7 Å². The third-order valence-electron chi connectivity index (χ3n) is 5.07. The summed E-state index contributed by atoms with van der Waals surface area (Å²) in [5.74, 6) is -0.167. The predicted molar refractivity (Wildman–Crippen MR) is 107 cm³/mol. The first-order valence-corrected chi connectivity index (χ1v) is 9.99. The summed E-state index contributed by atoms with van der Waals surface area (Å²) in [4.78, 5) is 26.9. The second-order valence-electron chi connectivity index (χ2n) is 7.12. The molecule has 0 aliphatic carbocycles. The van der Waals surface area contributed by atoms with Crippen molar-refractivity contribution in [2.75, 3.05) is 19.6 Å². The van der Waals surface area contributed by atoms with E-state index in [0.29, 0.717) is 13.1 Å². The Bertz CT molecular complexity index is 774. The predicted octanol–water partition coefficient (Wildman–Crippen LogP) is 1.34. The third-order valence-corrected chi connectivity index (χ3v) is 5.07. The molecule has 1 unspecified atom stereocenters. The zero-order valence-corrected chi connectivity index (χ0v) is 16.4. The average molecular weight is 383 g/mol. The Morgan fingerprint density at radius 2 is 2.11 bits per heavy atom. The molecule has 1 atom stereocenters. The number of hydrogen-bond acceptors (Lipinski definition) is 4. The lowest BCUT2D eigenvalue weighted by Crippen LogP contribution is -2.56. The molecule has 7 nitrogen and oxygen atoms in total. The Morgan fingerprint density at radius 1 is 1.29 bits per heavy atom. The summed E-state index contributed by atoms with van der Waals surface area (Å²) in [5, 5.41) is 10.00. The van der Waals surface area contributed by atoms with E-state index in [4.69, 9.17) is 0 Å². The highest BCUT2D eigenvalue weighted by atomic mass is 16.2. The molecule has 1 aromatic carbocycles. The molecule has 2 heterocycles. The van der Waals surface area contributed by atoms with Crippen LogP contribution in [0.5, 0.6) is 0 Å². The van der Waals surface area contributed by atoms with Crippen LogP contribution in [0.4, 0.5) is 0 Å². The van der Waals surface area contributed by atoms with Crippen LogP contribution in [-0.2, 0) is 29.1 Å². The number of rotatable bonds is 9.